The van der Waals surface area contributed by atoms with Crippen molar-refractivity contribution in [1.29, 1.82) is 0 Å². The Kier molecular flexibility index (Phi) is 4.33. The van der Waals surface area contributed by atoms with Crippen LogP contribution in [0.2, 0.25) is 0 Å². The highest BCUT2D eigenvalue weighted by Gasteiger charge is 2.30. The number of hydrogen-bond donors (Lipinski definition) is 0. The average Bonchev–Trinajstić information content (AvgIpc) is 2.71. The van der Waals surface area contributed by atoms with Crippen molar-refractivity contribution in [3.8, 4) is 0 Å². The van der Waals surface area contributed by atoms with E-state index in [2.05, 4.69) is 110 Å². The van der Waals surface area contributed by atoms with E-state index in [1.165, 1.54) is 25.5 Å². The smallest absolute Gasteiger partial charge is 0.00600 e. The maximum Gasteiger partial charge on any atom is 0.00600 e. The van der Waals surface area contributed by atoms with Crippen LogP contribution in [0.1, 0.15) is 6.92 Å². The van der Waals surface area contributed by atoms with E-state index in [0.29, 0.717) is 0 Å². The second-order valence-corrected chi connectivity index (χ2v) is 9.57. The molecule has 0 saturated heterocycles. The zero-order chi connectivity index (χ0) is 17.1. The molecule has 0 unspecified atom stereocenters. The van der Waals surface area contributed by atoms with E-state index >= 15 is 0 Å². The molecule has 0 radical (unpaired) electrons. The van der Waals surface area contributed by atoms with Crippen molar-refractivity contribution in [3.05, 3.63) is 103 Å². The maximum atomic E-state index is 2.33. The second kappa shape index (κ2) is 6.78. The third-order valence-electron chi connectivity index (χ3n) is 4.85. The zero-order valence-electron chi connectivity index (χ0n) is 14.4. The fraction of sp³-hybridized carbons (Fsp3) is 0.0833. The summed E-state index contributed by atoms with van der Waals surface area (Å²) in [5.41, 5.74) is 0. The monoisotopic (exact) mass is 342 g/mol. The van der Waals surface area contributed by atoms with Crippen LogP contribution in [0.4, 0.5) is 0 Å². The Labute approximate surface area is 151 Å². The van der Waals surface area contributed by atoms with E-state index in [0.717, 1.165) is 5.75 Å². The normalized spacial score (nSPS) is 12.2. The molecular weight excluding hydrogens is 320 g/mol. The summed E-state index contributed by atoms with van der Waals surface area (Å²) >= 11 is 0. The van der Waals surface area contributed by atoms with Gasteiger partial charge in [-0.3, -0.25) is 0 Å². The lowest BCUT2D eigenvalue weighted by atomic mass is 10.1. The summed E-state index contributed by atoms with van der Waals surface area (Å²) < 4.78 is 0. The lowest BCUT2D eigenvalue weighted by Gasteiger charge is -2.41. The average molecular weight is 343 g/mol. The Morgan fingerprint density at radius 2 is 1.08 bits per heavy atom. The van der Waals surface area contributed by atoms with Crippen molar-refractivity contribution in [3.63, 3.8) is 0 Å². The third kappa shape index (κ3) is 2.65. The molecule has 4 aromatic rings. The van der Waals surface area contributed by atoms with Crippen molar-refractivity contribution in [2.45, 2.75) is 21.6 Å². The summed E-state index contributed by atoms with van der Waals surface area (Å²) in [6.07, 6.45) is 0. The molecule has 0 nitrogen and oxygen atoms in total. The van der Waals surface area contributed by atoms with E-state index in [1.807, 2.05) is 0 Å². The minimum Gasteiger partial charge on any atom is -0.160 e. The molecule has 0 atom stereocenters. The SMILES string of the molecule is CCS(c1ccccc1)(c1ccccc1)c1cccc2ccccc12. The Morgan fingerprint density at radius 3 is 1.68 bits per heavy atom. The standard InChI is InChI=1S/C24H22S/c1-2-25(21-14-5-3-6-15-21,22-16-7-4-8-17-22)24-19-11-13-20-12-9-10-18-23(20)24/h3-19H,2H2,1H3. The Bertz CT molecular complexity index is 930. The molecule has 0 saturated carbocycles. The maximum absolute atomic E-state index is 2.33. The fourth-order valence-corrected chi connectivity index (χ4v) is 7.56. The van der Waals surface area contributed by atoms with Crippen LogP contribution in [0, 0.1) is 0 Å². The molecule has 0 fully saturated rings. The van der Waals surface area contributed by atoms with Gasteiger partial charge in [0.1, 0.15) is 0 Å². The summed E-state index contributed by atoms with van der Waals surface area (Å²) in [6, 6.07) is 37.6. The lowest BCUT2D eigenvalue weighted by molar-refractivity contribution is 1.27. The van der Waals surface area contributed by atoms with Crippen molar-refractivity contribution < 1.29 is 0 Å². The Morgan fingerprint density at radius 1 is 0.560 bits per heavy atom. The van der Waals surface area contributed by atoms with Gasteiger partial charge in [0.2, 0.25) is 0 Å². The van der Waals surface area contributed by atoms with E-state index in [9.17, 15) is 0 Å². The molecule has 0 N–H and O–H groups in total. The summed E-state index contributed by atoms with van der Waals surface area (Å²) in [7, 11) is -1.30. The van der Waals surface area contributed by atoms with E-state index < -0.39 is 10.0 Å². The molecule has 25 heavy (non-hydrogen) atoms. The highest BCUT2D eigenvalue weighted by Crippen LogP contribution is 2.69. The first-order chi connectivity index (χ1) is 12.4. The van der Waals surface area contributed by atoms with Gasteiger partial charge in [-0.25, -0.2) is 0 Å². The van der Waals surface area contributed by atoms with Gasteiger partial charge in [0.15, 0.2) is 0 Å². The first-order valence-corrected chi connectivity index (χ1v) is 10.6. The van der Waals surface area contributed by atoms with Crippen LogP contribution in [0.15, 0.2) is 118 Å². The topological polar surface area (TPSA) is 0 Å². The minimum absolute atomic E-state index is 1.09. The summed E-state index contributed by atoms with van der Waals surface area (Å²) in [5, 5.41) is 2.69. The molecule has 0 spiro atoms. The van der Waals surface area contributed by atoms with Crippen molar-refractivity contribution >= 4 is 20.8 Å². The molecular formula is C24H22S. The molecule has 0 heterocycles. The first kappa shape index (κ1) is 16.0. The number of benzene rings is 4. The van der Waals surface area contributed by atoms with Crippen LogP contribution < -0.4 is 0 Å². The van der Waals surface area contributed by atoms with Crippen LogP contribution in [-0.4, -0.2) is 5.75 Å². The predicted molar refractivity (Wildman–Crippen MR) is 110 cm³/mol. The molecule has 0 aliphatic heterocycles. The van der Waals surface area contributed by atoms with E-state index in [1.54, 1.807) is 0 Å². The summed E-state index contributed by atoms with van der Waals surface area (Å²) in [4.78, 5) is 4.32. The highest BCUT2D eigenvalue weighted by molar-refractivity contribution is 8.34. The molecule has 0 bridgehead atoms. The van der Waals surface area contributed by atoms with Crippen LogP contribution >= 0.6 is 10.0 Å². The van der Waals surface area contributed by atoms with Crippen LogP contribution in [-0.2, 0) is 0 Å². The molecule has 4 aromatic carbocycles. The van der Waals surface area contributed by atoms with Gasteiger partial charge in [-0.1, -0.05) is 79.7 Å². The third-order valence-corrected chi connectivity index (χ3v) is 8.98. The summed E-state index contributed by atoms with van der Waals surface area (Å²) in [6.45, 7) is 2.33. The number of fused-ring (bicyclic) bond motifs is 1. The van der Waals surface area contributed by atoms with Gasteiger partial charge >= 0.3 is 0 Å². The highest BCUT2D eigenvalue weighted by atomic mass is 32.3. The van der Waals surface area contributed by atoms with E-state index in [4.69, 9.17) is 0 Å². The second-order valence-electron chi connectivity index (χ2n) is 6.13. The van der Waals surface area contributed by atoms with Gasteiger partial charge in [0, 0.05) is 4.90 Å². The predicted octanol–water partition coefficient (Wildman–Crippen LogP) is 7.14. The van der Waals surface area contributed by atoms with Crippen molar-refractivity contribution in [2.75, 3.05) is 5.75 Å². The van der Waals surface area contributed by atoms with Crippen LogP contribution in [0.5, 0.6) is 0 Å². The van der Waals surface area contributed by atoms with E-state index in [-0.39, 0.29) is 0 Å². The van der Waals surface area contributed by atoms with Gasteiger partial charge in [-0.05, 0) is 56.6 Å². The van der Waals surface area contributed by atoms with Crippen molar-refractivity contribution in [1.82, 2.24) is 0 Å². The Hall–Kier alpha value is -2.51. The van der Waals surface area contributed by atoms with Gasteiger partial charge in [-0.15, -0.1) is 0 Å². The zero-order valence-corrected chi connectivity index (χ0v) is 15.2. The van der Waals surface area contributed by atoms with Crippen molar-refractivity contribution in [2.24, 2.45) is 0 Å². The minimum atomic E-state index is -1.30. The molecule has 0 aromatic heterocycles. The van der Waals surface area contributed by atoms with Crippen LogP contribution in [0.3, 0.4) is 0 Å². The molecule has 0 amide bonds. The quantitative estimate of drug-likeness (QED) is 0.370. The molecule has 124 valence electrons. The number of hydrogen-bond acceptors (Lipinski definition) is 0. The Balaban J connectivity index is 2.11. The van der Waals surface area contributed by atoms with Gasteiger partial charge < -0.3 is 0 Å². The first-order valence-electron chi connectivity index (χ1n) is 8.75. The van der Waals surface area contributed by atoms with Gasteiger partial charge in [0.25, 0.3) is 0 Å². The van der Waals surface area contributed by atoms with Gasteiger partial charge in [0.05, 0.1) is 0 Å². The largest absolute Gasteiger partial charge is 0.160 e. The van der Waals surface area contributed by atoms with Gasteiger partial charge in [-0.2, -0.15) is 10.0 Å². The lowest BCUT2D eigenvalue weighted by Crippen LogP contribution is -2.07. The molecule has 0 aliphatic carbocycles. The molecule has 4 rings (SSSR count). The molecule has 0 aliphatic rings. The summed E-state index contributed by atoms with van der Waals surface area (Å²) in [5.74, 6) is 1.09. The number of rotatable bonds is 4. The molecule has 1 heteroatoms. The van der Waals surface area contributed by atoms with Crippen LogP contribution in [0.25, 0.3) is 10.8 Å². The fourth-order valence-electron chi connectivity index (χ4n) is 3.68.